The van der Waals surface area contributed by atoms with E-state index in [2.05, 4.69) is 9.97 Å². The van der Waals surface area contributed by atoms with Crippen molar-refractivity contribution in [3.8, 4) is 22.4 Å². The Morgan fingerprint density at radius 2 is 1.96 bits per heavy atom. The first-order valence-corrected chi connectivity index (χ1v) is 9.80. The van der Waals surface area contributed by atoms with Gasteiger partial charge in [0, 0.05) is 16.2 Å². The third-order valence-corrected chi connectivity index (χ3v) is 5.63. The quantitative estimate of drug-likeness (QED) is 0.560. The fourth-order valence-electron chi connectivity index (χ4n) is 2.75. The number of benzene rings is 2. The van der Waals surface area contributed by atoms with Crippen LogP contribution in [0, 0.1) is 11.7 Å². The number of aliphatic carboxylic acids is 1. The van der Waals surface area contributed by atoms with Gasteiger partial charge in [0.1, 0.15) is 11.6 Å². The Labute approximate surface area is 166 Å². The Balaban J connectivity index is 1.89. The molecule has 3 N–H and O–H groups in total. The second-order valence-electron chi connectivity index (χ2n) is 6.27. The summed E-state index contributed by atoms with van der Waals surface area (Å²) in [6, 6.07) is 12.5. The molecule has 0 radical (unpaired) electrons. The Hall–Kier alpha value is -2.93. The van der Waals surface area contributed by atoms with Crippen LogP contribution in [0.25, 0.3) is 22.4 Å². The first-order chi connectivity index (χ1) is 13.5. The first kappa shape index (κ1) is 19.8. The summed E-state index contributed by atoms with van der Waals surface area (Å²) in [6.07, 6.45) is 3.39. The molecule has 144 valence electrons. The molecule has 3 rings (SSSR count). The molecular weight excluding hydrogens is 377 g/mol. The van der Waals surface area contributed by atoms with E-state index < -0.39 is 17.7 Å². The van der Waals surface area contributed by atoms with Crippen LogP contribution in [0.5, 0.6) is 0 Å². The first-order valence-electron chi connectivity index (χ1n) is 8.82. The van der Waals surface area contributed by atoms with Gasteiger partial charge in [0.25, 0.3) is 0 Å². The molecule has 0 aliphatic carbocycles. The summed E-state index contributed by atoms with van der Waals surface area (Å²) in [5, 5.41) is 9.25. The minimum atomic E-state index is -0.799. The van der Waals surface area contributed by atoms with E-state index in [0.29, 0.717) is 23.4 Å². The minimum Gasteiger partial charge on any atom is -0.481 e. The fourth-order valence-corrected chi connectivity index (χ4v) is 4.03. The highest BCUT2D eigenvalue weighted by Crippen LogP contribution is 2.34. The highest BCUT2D eigenvalue weighted by atomic mass is 32.2. The zero-order valence-corrected chi connectivity index (χ0v) is 16.1. The maximum atomic E-state index is 14.7. The molecule has 5 nitrogen and oxygen atoms in total. The number of thioether (sulfide) groups is 1. The molecule has 1 heterocycles. The number of aromatic nitrogens is 2. The molecule has 7 heteroatoms. The van der Waals surface area contributed by atoms with E-state index in [-0.39, 0.29) is 5.82 Å². The van der Waals surface area contributed by atoms with Crippen molar-refractivity contribution in [2.45, 2.75) is 18.2 Å². The molecule has 0 spiro atoms. The average Bonchev–Trinajstić information content (AvgIpc) is 2.69. The predicted octanol–water partition coefficient (Wildman–Crippen LogP) is 4.73. The van der Waals surface area contributed by atoms with Gasteiger partial charge in [-0.2, -0.15) is 0 Å². The summed E-state index contributed by atoms with van der Waals surface area (Å²) in [5.74, 6) is -0.884. The smallest absolute Gasteiger partial charge is 0.307 e. The average molecular weight is 397 g/mol. The Bertz CT molecular complexity index is 980. The lowest BCUT2D eigenvalue weighted by Crippen LogP contribution is -2.14. The van der Waals surface area contributed by atoms with Crippen molar-refractivity contribution in [2.75, 3.05) is 11.5 Å². The van der Waals surface area contributed by atoms with Crippen LogP contribution < -0.4 is 5.73 Å². The van der Waals surface area contributed by atoms with Gasteiger partial charge in [-0.3, -0.25) is 9.78 Å². The van der Waals surface area contributed by atoms with Gasteiger partial charge in [-0.25, -0.2) is 9.37 Å². The molecule has 0 saturated carbocycles. The van der Waals surface area contributed by atoms with E-state index in [9.17, 15) is 14.3 Å². The lowest BCUT2D eigenvalue weighted by Gasteiger charge is -2.13. The van der Waals surface area contributed by atoms with Crippen molar-refractivity contribution in [3.05, 3.63) is 60.7 Å². The van der Waals surface area contributed by atoms with E-state index in [1.54, 1.807) is 6.07 Å². The van der Waals surface area contributed by atoms with Crippen LogP contribution >= 0.6 is 11.8 Å². The number of rotatable bonds is 7. The van der Waals surface area contributed by atoms with Gasteiger partial charge in [-0.05, 0) is 35.7 Å². The van der Waals surface area contributed by atoms with E-state index in [4.69, 9.17) is 5.73 Å². The summed E-state index contributed by atoms with van der Waals surface area (Å²) in [4.78, 5) is 20.2. The second-order valence-corrected chi connectivity index (χ2v) is 7.33. The highest BCUT2D eigenvalue weighted by molar-refractivity contribution is 7.99. The second kappa shape index (κ2) is 8.84. The number of hydrogen-bond donors (Lipinski definition) is 2. The number of halogens is 1. The molecular formula is C21H20FN3O2S. The zero-order chi connectivity index (χ0) is 20.1. The van der Waals surface area contributed by atoms with Gasteiger partial charge in [0.05, 0.1) is 24.0 Å². The van der Waals surface area contributed by atoms with Crippen LogP contribution in [0.1, 0.15) is 13.3 Å². The van der Waals surface area contributed by atoms with Gasteiger partial charge in [0.15, 0.2) is 0 Å². The summed E-state index contributed by atoms with van der Waals surface area (Å²) in [6.45, 7) is 1.86. The molecule has 2 aromatic carbocycles. The molecule has 0 bridgehead atoms. The van der Waals surface area contributed by atoms with Crippen LogP contribution in [0.4, 0.5) is 10.2 Å². The lowest BCUT2D eigenvalue weighted by atomic mass is 10.0. The van der Waals surface area contributed by atoms with Gasteiger partial charge in [-0.1, -0.05) is 31.2 Å². The number of nitrogen functional groups attached to an aromatic ring is 1. The van der Waals surface area contributed by atoms with Crippen molar-refractivity contribution >= 4 is 23.5 Å². The predicted molar refractivity (Wildman–Crippen MR) is 109 cm³/mol. The molecule has 1 atom stereocenters. The van der Waals surface area contributed by atoms with Gasteiger partial charge < -0.3 is 10.8 Å². The number of carboxylic acids is 1. The monoisotopic (exact) mass is 397 g/mol. The number of carbonyl (C=O) groups is 1. The SMILES string of the molecule is CCC(CSc1ccccc1-c1ccc(-c2cnc(N)cn2)c(F)c1)C(=O)O. The summed E-state index contributed by atoms with van der Waals surface area (Å²) < 4.78 is 14.7. The Morgan fingerprint density at radius 1 is 1.18 bits per heavy atom. The third-order valence-electron chi connectivity index (χ3n) is 4.40. The van der Waals surface area contributed by atoms with E-state index in [0.717, 1.165) is 16.0 Å². The maximum absolute atomic E-state index is 14.7. The van der Waals surface area contributed by atoms with Gasteiger partial charge in [0.2, 0.25) is 0 Å². The number of anilines is 1. The Kier molecular flexibility index (Phi) is 6.26. The van der Waals surface area contributed by atoms with Crippen LogP contribution in [-0.2, 0) is 4.79 Å². The number of nitrogens with two attached hydrogens (primary N) is 1. The largest absolute Gasteiger partial charge is 0.481 e. The third kappa shape index (κ3) is 4.48. The normalized spacial score (nSPS) is 11.9. The highest BCUT2D eigenvalue weighted by Gasteiger charge is 2.17. The van der Waals surface area contributed by atoms with E-state index >= 15 is 0 Å². The standard InChI is InChI=1S/C21H20FN3O2S/c1-2-13(21(26)27)12-28-19-6-4-3-5-15(19)14-7-8-16(17(22)9-14)18-10-25-20(23)11-24-18/h3-11,13H,2,12H2,1H3,(H2,23,25)(H,26,27). The molecule has 3 aromatic rings. The van der Waals surface area contributed by atoms with Crippen LogP contribution in [0.15, 0.2) is 59.8 Å². The fraction of sp³-hybridized carbons (Fsp3) is 0.190. The maximum Gasteiger partial charge on any atom is 0.307 e. The Morgan fingerprint density at radius 3 is 2.61 bits per heavy atom. The van der Waals surface area contributed by atoms with E-state index in [1.807, 2.05) is 37.3 Å². The summed E-state index contributed by atoms with van der Waals surface area (Å²) in [5.41, 5.74) is 7.87. The van der Waals surface area contributed by atoms with Gasteiger partial charge >= 0.3 is 5.97 Å². The summed E-state index contributed by atoms with van der Waals surface area (Å²) in [7, 11) is 0. The minimum absolute atomic E-state index is 0.276. The molecule has 0 amide bonds. The van der Waals surface area contributed by atoms with E-state index in [1.165, 1.54) is 30.2 Å². The molecule has 0 aliphatic rings. The van der Waals surface area contributed by atoms with Crippen LogP contribution in [0.2, 0.25) is 0 Å². The molecule has 28 heavy (non-hydrogen) atoms. The van der Waals surface area contributed by atoms with Crippen molar-refractivity contribution in [2.24, 2.45) is 5.92 Å². The molecule has 1 aromatic heterocycles. The van der Waals surface area contributed by atoms with Crippen molar-refractivity contribution in [1.82, 2.24) is 9.97 Å². The van der Waals surface area contributed by atoms with Crippen molar-refractivity contribution in [1.29, 1.82) is 0 Å². The van der Waals surface area contributed by atoms with Crippen molar-refractivity contribution in [3.63, 3.8) is 0 Å². The van der Waals surface area contributed by atoms with Crippen LogP contribution in [-0.4, -0.2) is 26.8 Å². The lowest BCUT2D eigenvalue weighted by molar-refractivity contribution is -0.140. The van der Waals surface area contributed by atoms with Gasteiger partial charge in [-0.15, -0.1) is 11.8 Å². The number of hydrogen-bond acceptors (Lipinski definition) is 5. The van der Waals surface area contributed by atoms with Crippen LogP contribution in [0.3, 0.4) is 0 Å². The topological polar surface area (TPSA) is 89.1 Å². The summed E-state index contributed by atoms with van der Waals surface area (Å²) >= 11 is 1.47. The molecule has 0 aliphatic heterocycles. The number of carboxylic acid groups (broad SMARTS) is 1. The van der Waals surface area contributed by atoms with Crippen molar-refractivity contribution < 1.29 is 14.3 Å². The zero-order valence-electron chi connectivity index (χ0n) is 15.3. The molecule has 0 saturated heterocycles. The molecule has 0 fully saturated rings. The number of nitrogens with zero attached hydrogens (tertiary/aromatic N) is 2. The molecule has 1 unspecified atom stereocenters.